The summed E-state index contributed by atoms with van der Waals surface area (Å²) in [6.45, 7) is 7.20. The Morgan fingerprint density at radius 1 is 1.28 bits per heavy atom. The van der Waals surface area contributed by atoms with Gasteiger partial charge in [0, 0.05) is 30.4 Å². The Morgan fingerprint density at radius 2 is 1.83 bits per heavy atom. The zero-order valence-corrected chi connectivity index (χ0v) is 11.4. The van der Waals surface area contributed by atoms with Gasteiger partial charge in [-0.05, 0) is 27.7 Å². The van der Waals surface area contributed by atoms with Gasteiger partial charge in [-0.25, -0.2) is 0 Å². The lowest BCUT2D eigenvalue weighted by atomic mass is 10.0. The molecule has 0 amide bonds. The molecule has 1 N–H and O–H groups in total. The van der Waals surface area contributed by atoms with E-state index in [1.807, 2.05) is 27.8 Å². The third-order valence-corrected chi connectivity index (χ3v) is 3.07. The summed E-state index contributed by atoms with van der Waals surface area (Å²) in [7, 11) is 1.83. The van der Waals surface area contributed by atoms with E-state index >= 15 is 0 Å². The van der Waals surface area contributed by atoms with Crippen molar-refractivity contribution in [1.29, 1.82) is 0 Å². The third-order valence-electron chi connectivity index (χ3n) is 3.07. The van der Waals surface area contributed by atoms with Gasteiger partial charge in [0.1, 0.15) is 0 Å². The summed E-state index contributed by atoms with van der Waals surface area (Å²) < 4.78 is 38.5. The fourth-order valence-electron chi connectivity index (χ4n) is 2.33. The molecule has 0 saturated carbocycles. The molecule has 2 unspecified atom stereocenters. The molecule has 0 aliphatic rings. The highest BCUT2D eigenvalue weighted by molar-refractivity contribution is 5.27. The summed E-state index contributed by atoms with van der Waals surface area (Å²) in [5, 5.41) is 7.24. The topological polar surface area (TPSA) is 29.9 Å². The Labute approximate surface area is 105 Å². The van der Waals surface area contributed by atoms with Crippen LogP contribution in [0.5, 0.6) is 0 Å². The van der Waals surface area contributed by atoms with Gasteiger partial charge in [-0.3, -0.25) is 4.68 Å². The molecule has 104 valence electrons. The Balaban J connectivity index is 2.73. The molecular formula is C12H20F3N3. The highest BCUT2D eigenvalue weighted by Crippen LogP contribution is 2.25. The van der Waals surface area contributed by atoms with Crippen LogP contribution in [-0.2, 0) is 7.05 Å². The van der Waals surface area contributed by atoms with Crippen molar-refractivity contribution in [3.05, 3.63) is 17.0 Å². The number of rotatable bonds is 4. The Morgan fingerprint density at radius 3 is 2.22 bits per heavy atom. The molecule has 18 heavy (non-hydrogen) atoms. The van der Waals surface area contributed by atoms with E-state index in [2.05, 4.69) is 10.4 Å². The quantitative estimate of drug-likeness (QED) is 0.905. The van der Waals surface area contributed by atoms with Crippen LogP contribution < -0.4 is 5.32 Å². The van der Waals surface area contributed by atoms with Crippen LogP contribution in [0.4, 0.5) is 13.2 Å². The van der Waals surface area contributed by atoms with Gasteiger partial charge < -0.3 is 5.32 Å². The van der Waals surface area contributed by atoms with Crippen LogP contribution in [0.15, 0.2) is 0 Å². The lowest BCUT2D eigenvalue weighted by molar-refractivity contribution is -0.139. The molecule has 3 nitrogen and oxygen atoms in total. The molecule has 0 aliphatic heterocycles. The molecule has 1 heterocycles. The highest BCUT2D eigenvalue weighted by atomic mass is 19.4. The SMILES string of the molecule is Cc1nn(C)c(C)c1C(C)NC(C)CC(F)(F)F. The predicted molar refractivity (Wildman–Crippen MR) is 64.4 cm³/mol. The largest absolute Gasteiger partial charge is 0.390 e. The van der Waals surface area contributed by atoms with Crippen molar-refractivity contribution in [2.45, 2.75) is 52.4 Å². The minimum Gasteiger partial charge on any atom is -0.307 e. The molecule has 0 bridgehead atoms. The second-order valence-corrected chi connectivity index (χ2v) is 4.82. The number of nitrogens with zero attached hydrogens (tertiary/aromatic N) is 2. The second kappa shape index (κ2) is 5.30. The van der Waals surface area contributed by atoms with Gasteiger partial charge in [-0.1, -0.05) is 0 Å². The maximum absolute atomic E-state index is 12.3. The maximum Gasteiger partial charge on any atom is 0.390 e. The molecule has 0 aliphatic carbocycles. The van der Waals surface area contributed by atoms with Gasteiger partial charge in [0.25, 0.3) is 0 Å². The standard InChI is InChI=1S/C12H20F3N3/c1-7(6-12(13,14)15)16-8(2)11-9(3)17-18(5)10(11)4/h7-8,16H,6H2,1-5H3. The van der Waals surface area contributed by atoms with Crippen molar-refractivity contribution in [3.8, 4) is 0 Å². The van der Waals surface area contributed by atoms with Gasteiger partial charge in [0.05, 0.1) is 12.1 Å². The van der Waals surface area contributed by atoms with Crippen LogP contribution in [0.25, 0.3) is 0 Å². The average molecular weight is 263 g/mol. The van der Waals surface area contributed by atoms with E-state index in [4.69, 9.17) is 0 Å². The zero-order valence-electron chi connectivity index (χ0n) is 11.4. The smallest absolute Gasteiger partial charge is 0.307 e. The predicted octanol–water partition coefficient (Wildman–Crippen LogP) is 3.03. The molecular weight excluding hydrogens is 243 g/mol. The van der Waals surface area contributed by atoms with Gasteiger partial charge in [0.15, 0.2) is 0 Å². The Kier molecular flexibility index (Phi) is 4.42. The minimum atomic E-state index is -4.13. The molecule has 6 heteroatoms. The van der Waals surface area contributed by atoms with E-state index in [0.29, 0.717) is 0 Å². The molecule has 1 aromatic rings. The fourth-order valence-corrected chi connectivity index (χ4v) is 2.33. The minimum absolute atomic E-state index is 0.143. The zero-order chi connectivity index (χ0) is 14.1. The van der Waals surface area contributed by atoms with E-state index < -0.39 is 18.6 Å². The lowest BCUT2D eigenvalue weighted by Crippen LogP contribution is -2.33. The molecule has 1 aromatic heterocycles. The van der Waals surface area contributed by atoms with Crippen LogP contribution in [-0.4, -0.2) is 22.0 Å². The number of aryl methyl sites for hydroxylation is 2. The molecule has 0 spiro atoms. The number of hydrogen-bond donors (Lipinski definition) is 1. The number of hydrogen-bond acceptors (Lipinski definition) is 2. The van der Waals surface area contributed by atoms with Gasteiger partial charge >= 0.3 is 6.18 Å². The van der Waals surface area contributed by atoms with Crippen molar-refractivity contribution in [3.63, 3.8) is 0 Å². The monoisotopic (exact) mass is 263 g/mol. The van der Waals surface area contributed by atoms with Crippen molar-refractivity contribution < 1.29 is 13.2 Å². The molecule has 2 atom stereocenters. The maximum atomic E-state index is 12.3. The first kappa shape index (κ1) is 15.0. The highest BCUT2D eigenvalue weighted by Gasteiger charge is 2.30. The summed E-state index contributed by atoms with van der Waals surface area (Å²) in [6.07, 6.45) is -4.96. The molecule has 1 rings (SSSR count). The average Bonchev–Trinajstić information content (AvgIpc) is 2.37. The van der Waals surface area contributed by atoms with Crippen molar-refractivity contribution in [2.24, 2.45) is 7.05 Å². The molecule has 0 aromatic carbocycles. The Bertz CT molecular complexity index is 409. The van der Waals surface area contributed by atoms with Crippen LogP contribution in [0, 0.1) is 13.8 Å². The van der Waals surface area contributed by atoms with Crippen LogP contribution in [0.2, 0.25) is 0 Å². The van der Waals surface area contributed by atoms with Crippen LogP contribution in [0.1, 0.15) is 43.3 Å². The van der Waals surface area contributed by atoms with E-state index in [1.54, 1.807) is 11.6 Å². The lowest BCUT2D eigenvalue weighted by Gasteiger charge is -2.21. The van der Waals surface area contributed by atoms with Crippen molar-refractivity contribution in [1.82, 2.24) is 15.1 Å². The van der Waals surface area contributed by atoms with Gasteiger partial charge in [0.2, 0.25) is 0 Å². The number of halogens is 3. The number of alkyl halides is 3. The van der Waals surface area contributed by atoms with E-state index in [0.717, 1.165) is 17.0 Å². The Hall–Kier alpha value is -1.04. The van der Waals surface area contributed by atoms with Gasteiger partial charge in [-0.2, -0.15) is 18.3 Å². The summed E-state index contributed by atoms with van der Waals surface area (Å²) >= 11 is 0. The normalized spacial score (nSPS) is 15.8. The van der Waals surface area contributed by atoms with Crippen molar-refractivity contribution in [2.75, 3.05) is 0 Å². The summed E-state index contributed by atoms with van der Waals surface area (Å²) in [6, 6.07) is -0.755. The van der Waals surface area contributed by atoms with Gasteiger partial charge in [-0.15, -0.1) is 0 Å². The second-order valence-electron chi connectivity index (χ2n) is 4.82. The third kappa shape index (κ3) is 3.73. The van der Waals surface area contributed by atoms with E-state index in [9.17, 15) is 13.2 Å². The molecule has 0 fully saturated rings. The number of nitrogens with one attached hydrogen (secondary N) is 1. The van der Waals surface area contributed by atoms with Crippen LogP contribution in [0.3, 0.4) is 0 Å². The molecule has 0 saturated heterocycles. The summed E-state index contributed by atoms with van der Waals surface area (Å²) in [4.78, 5) is 0. The first-order valence-corrected chi connectivity index (χ1v) is 5.94. The van der Waals surface area contributed by atoms with E-state index in [1.165, 1.54) is 0 Å². The first-order chi connectivity index (χ1) is 8.11. The molecule has 0 radical (unpaired) electrons. The first-order valence-electron chi connectivity index (χ1n) is 5.94. The fraction of sp³-hybridized carbons (Fsp3) is 0.750. The summed E-state index contributed by atoms with van der Waals surface area (Å²) in [5.41, 5.74) is 2.81. The summed E-state index contributed by atoms with van der Waals surface area (Å²) in [5.74, 6) is 0. The van der Waals surface area contributed by atoms with Crippen LogP contribution >= 0.6 is 0 Å². The van der Waals surface area contributed by atoms with Crippen molar-refractivity contribution >= 4 is 0 Å². The van der Waals surface area contributed by atoms with E-state index in [-0.39, 0.29) is 6.04 Å². The number of aromatic nitrogens is 2.